The highest BCUT2D eigenvalue weighted by Gasteiger charge is 2.15. The Kier molecular flexibility index (Phi) is 3.59. The first-order valence-corrected chi connectivity index (χ1v) is 2.24. The van der Waals surface area contributed by atoms with Crippen molar-refractivity contribution in [1.29, 1.82) is 0 Å². The van der Waals surface area contributed by atoms with Gasteiger partial charge in [-0.25, -0.2) is 4.79 Å². The standard InChI is InChI=1S/C5H6F2O2/c1-2-3-9-5(8)4(6)7/h2,4H,1,3H2. The van der Waals surface area contributed by atoms with Crippen LogP contribution in [0.4, 0.5) is 8.78 Å². The highest BCUT2D eigenvalue weighted by Crippen LogP contribution is 1.94. The molecule has 0 aromatic rings. The third-order valence-corrected chi connectivity index (χ3v) is 0.522. The number of hydrogen-bond donors (Lipinski definition) is 0. The summed E-state index contributed by atoms with van der Waals surface area (Å²) in [5.74, 6) is -1.50. The van der Waals surface area contributed by atoms with Crippen molar-refractivity contribution >= 4 is 5.97 Å². The number of rotatable bonds is 3. The number of ether oxygens (including phenoxy) is 1. The van der Waals surface area contributed by atoms with Gasteiger partial charge < -0.3 is 4.74 Å². The fourth-order valence-corrected chi connectivity index (χ4v) is 0.204. The van der Waals surface area contributed by atoms with Crippen molar-refractivity contribution < 1.29 is 18.3 Å². The van der Waals surface area contributed by atoms with Crippen LogP contribution in [0.3, 0.4) is 0 Å². The van der Waals surface area contributed by atoms with Gasteiger partial charge in [0.1, 0.15) is 6.61 Å². The van der Waals surface area contributed by atoms with Crippen LogP contribution in [0.1, 0.15) is 0 Å². The van der Waals surface area contributed by atoms with Gasteiger partial charge in [0.2, 0.25) is 0 Å². The van der Waals surface area contributed by atoms with Crippen molar-refractivity contribution in [2.75, 3.05) is 6.61 Å². The largest absolute Gasteiger partial charge is 0.457 e. The quantitative estimate of drug-likeness (QED) is 0.427. The third kappa shape index (κ3) is 3.64. The van der Waals surface area contributed by atoms with Crippen LogP contribution in [0.5, 0.6) is 0 Å². The number of esters is 1. The molecule has 0 aliphatic carbocycles. The molecular formula is C5H6F2O2. The second-order valence-electron chi connectivity index (χ2n) is 1.22. The van der Waals surface area contributed by atoms with Crippen LogP contribution < -0.4 is 0 Å². The minimum atomic E-state index is -3.04. The van der Waals surface area contributed by atoms with E-state index in [4.69, 9.17) is 0 Å². The van der Waals surface area contributed by atoms with Crippen LogP contribution in [-0.4, -0.2) is 19.0 Å². The smallest absolute Gasteiger partial charge is 0.374 e. The number of halogens is 2. The summed E-state index contributed by atoms with van der Waals surface area (Å²) in [7, 11) is 0. The molecule has 0 bridgehead atoms. The van der Waals surface area contributed by atoms with E-state index < -0.39 is 12.4 Å². The van der Waals surface area contributed by atoms with E-state index in [1.807, 2.05) is 0 Å². The Morgan fingerprint density at radius 2 is 2.33 bits per heavy atom. The van der Waals surface area contributed by atoms with Crippen LogP contribution in [0, 0.1) is 0 Å². The van der Waals surface area contributed by atoms with Gasteiger partial charge in [-0.1, -0.05) is 12.7 Å². The summed E-state index contributed by atoms with van der Waals surface area (Å²) in [5.41, 5.74) is 0. The molecule has 0 N–H and O–H groups in total. The summed E-state index contributed by atoms with van der Waals surface area (Å²) >= 11 is 0. The van der Waals surface area contributed by atoms with Gasteiger partial charge in [-0.2, -0.15) is 8.78 Å². The van der Waals surface area contributed by atoms with Crippen LogP contribution in [-0.2, 0) is 9.53 Å². The molecule has 0 amide bonds. The lowest BCUT2D eigenvalue weighted by molar-refractivity contribution is -0.155. The van der Waals surface area contributed by atoms with E-state index >= 15 is 0 Å². The molecule has 0 aliphatic rings. The van der Waals surface area contributed by atoms with Crippen molar-refractivity contribution in [2.45, 2.75) is 6.43 Å². The Morgan fingerprint density at radius 3 is 2.67 bits per heavy atom. The SMILES string of the molecule is C=CCOC(=O)C(F)F. The molecule has 0 radical (unpaired) electrons. The summed E-state index contributed by atoms with van der Waals surface area (Å²) in [5, 5.41) is 0. The molecule has 0 rings (SSSR count). The number of hydrogen-bond acceptors (Lipinski definition) is 2. The zero-order chi connectivity index (χ0) is 7.28. The predicted octanol–water partition coefficient (Wildman–Crippen LogP) is 0.981. The minimum absolute atomic E-state index is 0.164. The molecule has 0 saturated carbocycles. The van der Waals surface area contributed by atoms with Crippen LogP contribution in [0.15, 0.2) is 12.7 Å². The van der Waals surface area contributed by atoms with Gasteiger partial charge in [0.05, 0.1) is 0 Å². The summed E-state index contributed by atoms with van der Waals surface area (Å²) in [4.78, 5) is 9.88. The average Bonchev–Trinajstić information content (AvgIpc) is 1.82. The second kappa shape index (κ2) is 4.00. The van der Waals surface area contributed by atoms with E-state index in [9.17, 15) is 13.6 Å². The van der Waals surface area contributed by atoms with E-state index in [-0.39, 0.29) is 6.61 Å². The first kappa shape index (κ1) is 8.07. The van der Waals surface area contributed by atoms with Crippen LogP contribution >= 0.6 is 0 Å². The number of alkyl halides is 2. The topological polar surface area (TPSA) is 26.3 Å². The highest BCUT2D eigenvalue weighted by atomic mass is 19.3. The third-order valence-electron chi connectivity index (χ3n) is 0.522. The normalized spacial score (nSPS) is 9.22. The molecule has 0 saturated heterocycles. The van der Waals surface area contributed by atoms with Gasteiger partial charge in [0.15, 0.2) is 0 Å². The molecule has 0 atom stereocenters. The number of carbonyl (C=O) groups excluding carboxylic acids is 1. The van der Waals surface area contributed by atoms with Gasteiger partial charge in [-0.05, 0) is 0 Å². The summed E-state index contributed by atoms with van der Waals surface area (Å²) in [6.45, 7) is 3.01. The molecule has 9 heavy (non-hydrogen) atoms. The monoisotopic (exact) mass is 136 g/mol. The van der Waals surface area contributed by atoms with Gasteiger partial charge in [0, 0.05) is 0 Å². The van der Waals surface area contributed by atoms with Crippen LogP contribution in [0.2, 0.25) is 0 Å². The van der Waals surface area contributed by atoms with E-state index in [1.165, 1.54) is 6.08 Å². The molecule has 0 aromatic carbocycles. The maximum atomic E-state index is 11.2. The minimum Gasteiger partial charge on any atom is -0.457 e. The van der Waals surface area contributed by atoms with Crippen molar-refractivity contribution in [3.63, 3.8) is 0 Å². The highest BCUT2D eigenvalue weighted by molar-refractivity contribution is 5.72. The van der Waals surface area contributed by atoms with Gasteiger partial charge in [-0.3, -0.25) is 0 Å². The molecule has 52 valence electrons. The van der Waals surface area contributed by atoms with Gasteiger partial charge >= 0.3 is 12.4 Å². The molecular weight excluding hydrogens is 130 g/mol. The Morgan fingerprint density at radius 1 is 1.78 bits per heavy atom. The van der Waals surface area contributed by atoms with Crippen molar-refractivity contribution in [3.8, 4) is 0 Å². The van der Waals surface area contributed by atoms with E-state index in [0.29, 0.717) is 0 Å². The lowest BCUT2D eigenvalue weighted by atomic mass is 10.6. The number of carbonyl (C=O) groups is 1. The summed E-state index contributed by atoms with van der Waals surface area (Å²) < 4.78 is 26.4. The Bertz CT molecular complexity index is 112. The Balaban J connectivity index is 3.38. The lowest BCUT2D eigenvalue weighted by Gasteiger charge is -1.97. The predicted molar refractivity (Wildman–Crippen MR) is 27.2 cm³/mol. The average molecular weight is 136 g/mol. The zero-order valence-electron chi connectivity index (χ0n) is 4.64. The fraction of sp³-hybridized carbons (Fsp3) is 0.400. The Labute approximate surface area is 51.1 Å². The van der Waals surface area contributed by atoms with Gasteiger partial charge in [-0.15, -0.1) is 0 Å². The molecule has 2 nitrogen and oxygen atoms in total. The lowest BCUT2D eigenvalue weighted by Crippen LogP contribution is -2.13. The zero-order valence-corrected chi connectivity index (χ0v) is 4.64. The van der Waals surface area contributed by atoms with Gasteiger partial charge in [0.25, 0.3) is 0 Å². The van der Waals surface area contributed by atoms with Crippen LogP contribution in [0.25, 0.3) is 0 Å². The summed E-state index contributed by atoms with van der Waals surface area (Å²) in [6, 6.07) is 0. The van der Waals surface area contributed by atoms with E-state index in [0.717, 1.165) is 0 Å². The Hall–Kier alpha value is -0.930. The maximum absolute atomic E-state index is 11.2. The van der Waals surface area contributed by atoms with E-state index in [2.05, 4.69) is 11.3 Å². The molecule has 0 aliphatic heterocycles. The van der Waals surface area contributed by atoms with Crippen molar-refractivity contribution in [1.82, 2.24) is 0 Å². The summed E-state index contributed by atoms with van der Waals surface area (Å²) in [6.07, 6.45) is -1.81. The van der Waals surface area contributed by atoms with Crippen molar-refractivity contribution in [2.24, 2.45) is 0 Å². The second-order valence-corrected chi connectivity index (χ2v) is 1.22. The first-order chi connectivity index (χ1) is 4.18. The fourth-order valence-electron chi connectivity index (χ4n) is 0.204. The molecule has 0 aromatic heterocycles. The van der Waals surface area contributed by atoms with E-state index in [1.54, 1.807) is 0 Å². The molecule has 0 heterocycles. The molecule has 4 heteroatoms. The van der Waals surface area contributed by atoms with Crippen molar-refractivity contribution in [3.05, 3.63) is 12.7 Å². The maximum Gasteiger partial charge on any atom is 0.374 e. The molecule has 0 unspecified atom stereocenters. The first-order valence-electron chi connectivity index (χ1n) is 2.24. The molecule has 0 fully saturated rings. The molecule has 0 spiro atoms.